The van der Waals surface area contributed by atoms with Gasteiger partial charge in [0.1, 0.15) is 24.1 Å². The molecule has 0 aliphatic heterocycles. The van der Waals surface area contributed by atoms with Gasteiger partial charge in [-0.05, 0) is 63.9 Å². The fourth-order valence-electron chi connectivity index (χ4n) is 5.87. The second kappa shape index (κ2) is 12.8. The van der Waals surface area contributed by atoms with Crippen molar-refractivity contribution in [3.63, 3.8) is 0 Å². The summed E-state index contributed by atoms with van der Waals surface area (Å²) in [5.74, 6) is -1.30. The van der Waals surface area contributed by atoms with Crippen molar-refractivity contribution in [3.05, 3.63) is 47.8 Å². The van der Waals surface area contributed by atoms with Gasteiger partial charge in [0.25, 0.3) is 11.7 Å². The van der Waals surface area contributed by atoms with Gasteiger partial charge in [-0.25, -0.2) is 4.79 Å². The van der Waals surface area contributed by atoms with Crippen LogP contribution in [0.5, 0.6) is 11.6 Å². The van der Waals surface area contributed by atoms with Gasteiger partial charge in [0.15, 0.2) is 5.65 Å². The second-order valence-corrected chi connectivity index (χ2v) is 13.2. The van der Waals surface area contributed by atoms with Crippen molar-refractivity contribution < 1.29 is 41.7 Å². The number of halogens is 3. The first-order valence-electron chi connectivity index (χ1n) is 14.7. The number of carbonyl (C=O) groups excluding carboxylic acids is 2. The van der Waals surface area contributed by atoms with E-state index in [0.717, 1.165) is 6.42 Å². The Kier molecular flexibility index (Phi) is 9.67. The van der Waals surface area contributed by atoms with Crippen LogP contribution in [0.4, 0.5) is 13.2 Å². The van der Waals surface area contributed by atoms with E-state index in [1.54, 1.807) is 45.0 Å². The molecule has 0 bridgehead atoms. The Morgan fingerprint density at radius 1 is 0.933 bits per heavy atom. The number of rotatable bonds is 12. The maximum atomic E-state index is 13.3. The number of unbranched alkanes of at least 4 members (excludes halogenated alkanes) is 1. The van der Waals surface area contributed by atoms with Crippen LogP contribution < -0.4 is 14.8 Å². The van der Waals surface area contributed by atoms with E-state index in [1.807, 2.05) is 27.7 Å². The number of carbonyl (C=O) groups is 2. The van der Waals surface area contributed by atoms with Crippen LogP contribution in [0.25, 0.3) is 5.65 Å². The first-order valence-corrected chi connectivity index (χ1v) is 14.7. The molecule has 45 heavy (non-hydrogen) atoms. The third-order valence-corrected chi connectivity index (χ3v) is 7.55. The van der Waals surface area contributed by atoms with Crippen LogP contribution in [0.1, 0.15) is 77.5 Å². The zero-order valence-electron chi connectivity index (χ0n) is 26.5. The number of ether oxygens (including phenoxy) is 4. The Bertz CT molecular complexity index is 1480. The number of benzene rings is 1. The SMILES string of the molecule is CC(C)(C)OC(=O)COCCCCOc1ccc(C(=O)NC2C(C)(C)C(Oc3ccc4nnc(C(F)(F)F)n4n3)C2(C)C)cc1. The summed E-state index contributed by atoms with van der Waals surface area (Å²) in [6, 6.07) is 9.30. The summed E-state index contributed by atoms with van der Waals surface area (Å²) >= 11 is 0. The van der Waals surface area contributed by atoms with Gasteiger partial charge < -0.3 is 24.3 Å². The van der Waals surface area contributed by atoms with Gasteiger partial charge in [0.2, 0.25) is 5.88 Å². The van der Waals surface area contributed by atoms with Crippen LogP contribution in [0.3, 0.4) is 0 Å². The van der Waals surface area contributed by atoms with Crippen molar-refractivity contribution in [1.82, 2.24) is 25.1 Å². The summed E-state index contributed by atoms with van der Waals surface area (Å²) in [5, 5.41) is 13.8. The maximum absolute atomic E-state index is 13.3. The number of nitrogens with zero attached hydrogens (tertiary/aromatic N) is 4. The molecule has 1 aromatic carbocycles. The van der Waals surface area contributed by atoms with E-state index < -0.39 is 40.5 Å². The van der Waals surface area contributed by atoms with Crippen molar-refractivity contribution in [2.45, 2.75) is 85.2 Å². The van der Waals surface area contributed by atoms with E-state index in [9.17, 15) is 22.8 Å². The van der Waals surface area contributed by atoms with E-state index in [1.165, 1.54) is 12.1 Å². The minimum absolute atomic E-state index is 0.00681. The largest absolute Gasteiger partial charge is 0.494 e. The molecule has 0 radical (unpaired) electrons. The predicted octanol–water partition coefficient (Wildman–Crippen LogP) is 5.27. The highest BCUT2D eigenvalue weighted by molar-refractivity contribution is 5.94. The predicted molar refractivity (Wildman–Crippen MR) is 157 cm³/mol. The highest BCUT2D eigenvalue weighted by Gasteiger charge is 2.64. The van der Waals surface area contributed by atoms with Crippen molar-refractivity contribution in [1.29, 1.82) is 0 Å². The minimum atomic E-state index is -4.72. The fourth-order valence-corrected chi connectivity index (χ4v) is 5.87. The molecule has 0 spiro atoms. The third-order valence-electron chi connectivity index (χ3n) is 7.55. The number of alkyl halides is 3. The van der Waals surface area contributed by atoms with Gasteiger partial charge in [-0.1, -0.05) is 27.7 Å². The minimum Gasteiger partial charge on any atom is -0.494 e. The number of esters is 1. The first kappa shape index (κ1) is 33.9. The van der Waals surface area contributed by atoms with Crippen LogP contribution in [0, 0.1) is 10.8 Å². The van der Waals surface area contributed by atoms with Gasteiger partial charge in [-0.3, -0.25) is 4.79 Å². The maximum Gasteiger partial charge on any atom is 0.453 e. The standard InChI is InChI=1S/C31H40F3N5O6/c1-28(2,3)45-23(40)18-42-16-8-9-17-43-20-12-10-19(11-13-20)24(41)35-25-29(4,5)26(30(25,6)7)44-22-15-14-21-36-37-27(31(32,33)34)39(21)38-22/h10-15,25-26H,8-9,16-18H2,1-7H3,(H,35,41). The monoisotopic (exact) mass is 635 g/mol. The molecule has 0 saturated heterocycles. The summed E-state index contributed by atoms with van der Waals surface area (Å²) in [4.78, 5) is 24.8. The lowest BCUT2D eigenvalue weighted by molar-refractivity contribution is -0.166. The molecule has 1 amide bonds. The molecule has 1 aliphatic carbocycles. The lowest BCUT2D eigenvalue weighted by Gasteiger charge is -2.62. The first-order chi connectivity index (χ1) is 20.9. The molecule has 11 nitrogen and oxygen atoms in total. The zero-order chi connectivity index (χ0) is 33.2. The van der Waals surface area contributed by atoms with E-state index in [-0.39, 0.29) is 30.1 Å². The van der Waals surface area contributed by atoms with Crippen molar-refractivity contribution in [2.75, 3.05) is 19.8 Å². The molecule has 1 N–H and O–H groups in total. The summed E-state index contributed by atoms with van der Waals surface area (Å²) in [6.07, 6.45) is -3.76. The Hall–Kier alpha value is -3.94. The van der Waals surface area contributed by atoms with Gasteiger partial charge >= 0.3 is 12.1 Å². The molecule has 0 atom stereocenters. The van der Waals surface area contributed by atoms with Crippen LogP contribution in [-0.2, 0) is 20.4 Å². The zero-order valence-corrected chi connectivity index (χ0v) is 26.5. The van der Waals surface area contributed by atoms with Crippen LogP contribution >= 0.6 is 0 Å². The Balaban J connectivity index is 1.25. The molecule has 2 aromatic heterocycles. The van der Waals surface area contributed by atoms with Gasteiger partial charge in [0.05, 0.1) is 6.61 Å². The molecular formula is C31H40F3N5O6. The fraction of sp³-hybridized carbons (Fsp3) is 0.581. The van der Waals surface area contributed by atoms with E-state index >= 15 is 0 Å². The van der Waals surface area contributed by atoms with Crippen LogP contribution in [0.2, 0.25) is 0 Å². The molecule has 1 fully saturated rings. The van der Waals surface area contributed by atoms with Crippen molar-refractivity contribution in [3.8, 4) is 11.6 Å². The average molecular weight is 636 g/mol. The van der Waals surface area contributed by atoms with E-state index in [0.29, 0.717) is 35.5 Å². The highest BCUT2D eigenvalue weighted by atomic mass is 19.4. The van der Waals surface area contributed by atoms with E-state index in [2.05, 4.69) is 20.6 Å². The Labute approximate surface area is 259 Å². The number of fused-ring (bicyclic) bond motifs is 1. The lowest BCUT2D eigenvalue weighted by Crippen LogP contribution is -2.74. The number of hydrogen-bond acceptors (Lipinski definition) is 9. The smallest absolute Gasteiger partial charge is 0.453 e. The molecule has 14 heteroatoms. The normalized spacial score (nSPS) is 19.1. The average Bonchev–Trinajstić information content (AvgIpc) is 3.37. The quantitative estimate of drug-likeness (QED) is 0.209. The van der Waals surface area contributed by atoms with Crippen molar-refractivity contribution >= 4 is 17.5 Å². The number of amides is 1. The Morgan fingerprint density at radius 2 is 1.58 bits per heavy atom. The number of nitrogens with one attached hydrogen (secondary N) is 1. The summed E-state index contributed by atoms with van der Waals surface area (Å²) in [7, 11) is 0. The number of aromatic nitrogens is 4. The third kappa shape index (κ3) is 8.02. The molecule has 1 saturated carbocycles. The van der Waals surface area contributed by atoms with Gasteiger partial charge in [-0.2, -0.15) is 17.7 Å². The van der Waals surface area contributed by atoms with Crippen LogP contribution in [0.15, 0.2) is 36.4 Å². The van der Waals surface area contributed by atoms with Gasteiger partial charge in [0, 0.05) is 35.1 Å². The number of hydrogen-bond donors (Lipinski definition) is 1. The lowest BCUT2D eigenvalue weighted by atomic mass is 9.49. The summed E-state index contributed by atoms with van der Waals surface area (Å²) in [5.41, 5.74) is -1.29. The molecule has 246 valence electrons. The molecular weight excluding hydrogens is 595 g/mol. The topological polar surface area (TPSA) is 126 Å². The Morgan fingerprint density at radius 3 is 2.20 bits per heavy atom. The molecule has 1 aliphatic rings. The van der Waals surface area contributed by atoms with Crippen LogP contribution in [-0.4, -0.2) is 69.3 Å². The van der Waals surface area contributed by atoms with Gasteiger partial charge in [-0.15, -0.1) is 15.3 Å². The highest BCUT2D eigenvalue weighted by Crippen LogP contribution is 2.55. The molecule has 0 unspecified atom stereocenters. The van der Waals surface area contributed by atoms with Crippen molar-refractivity contribution in [2.24, 2.45) is 10.8 Å². The summed E-state index contributed by atoms with van der Waals surface area (Å²) in [6.45, 7) is 13.9. The molecule has 3 aromatic rings. The second-order valence-electron chi connectivity index (χ2n) is 13.2. The summed E-state index contributed by atoms with van der Waals surface area (Å²) < 4.78 is 62.9. The van der Waals surface area contributed by atoms with E-state index in [4.69, 9.17) is 18.9 Å². The molecule has 2 heterocycles. The molecule has 4 rings (SSSR count).